The fourth-order valence-electron chi connectivity index (χ4n) is 3.34. The molecule has 3 rings (SSSR count). The molecule has 0 aromatic carbocycles. The number of hydrogen-bond acceptors (Lipinski definition) is 2. The van der Waals surface area contributed by atoms with Crippen LogP contribution in [0.2, 0.25) is 0 Å². The number of fused-ring (bicyclic) bond motifs is 1. The smallest absolute Gasteiger partial charge is 0.0754 e. The molecule has 3 nitrogen and oxygen atoms in total. The van der Waals surface area contributed by atoms with Gasteiger partial charge < -0.3 is 14.6 Å². The summed E-state index contributed by atoms with van der Waals surface area (Å²) in [6, 6.07) is 0.574. The average Bonchev–Trinajstić information content (AvgIpc) is 2.99. The first-order valence-corrected chi connectivity index (χ1v) is 7.40. The van der Waals surface area contributed by atoms with Crippen molar-refractivity contribution >= 4 is 0 Å². The summed E-state index contributed by atoms with van der Waals surface area (Å²) in [5.41, 5.74) is 3.08. The monoisotopic (exact) mass is 248 g/mol. The second-order valence-electron chi connectivity index (χ2n) is 5.57. The molecule has 0 saturated carbocycles. The van der Waals surface area contributed by atoms with Crippen LogP contribution in [0.4, 0.5) is 0 Å². The maximum Gasteiger partial charge on any atom is 0.0754 e. The molecule has 1 fully saturated rings. The Hall–Kier alpha value is -0.800. The topological polar surface area (TPSA) is 26.2 Å². The van der Waals surface area contributed by atoms with Crippen molar-refractivity contribution in [2.45, 2.75) is 57.7 Å². The summed E-state index contributed by atoms with van der Waals surface area (Å²) < 4.78 is 8.08. The average molecular weight is 248 g/mol. The van der Waals surface area contributed by atoms with E-state index in [1.807, 2.05) is 0 Å². The summed E-state index contributed by atoms with van der Waals surface area (Å²) >= 11 is 0. The molecule has 0 amide bonds. The highest BCUT2D eigenvalue weighted by Gasteiger charge is 2.22. The van der Waals surface area contributed by atoms with Gasteiger partial charge in [-0.05, 0) is 49.8 Å². The second kappa shape index (κ2) is 5.45. The minimum Gasteiger partial charge on any atom is -0.376 e. The minimum atomic E-state index is 0.441. The lowest BCUT2D eigenvalue weighted by Crippen LogP contribution is -2.23. The molecule has 2 atom stereocenters. The van der Waals surface area contributed by atoms with Gasteiger partial charge in [-0.2, -0.15) is 0 Å². The molecule has 0 spiro atoms. The maximum atomic E-state index is 5.73. The maximum absolute atomic E-state index is 5.73. The predicted octanol–water partition coefficient (Wildman–Crippen LogP) is 2.65. The van der Waals surface area contributed by atoms with E-state index in [0.717, 1.165) is 19.7 Å². The van der Waals surface area contributed by atoms with Crippen LogP contribution < -0.4 is 5.32 Å². The van der Waals surface area contributed by atoms with Crippen molar-refractivity contribution in [1.29, 1.82) is 0 Å². The Kier molecular flexibility index (Phi) is 3.71. The van der Waals surface area contributed by atoms with Crippen molar-refractivity contribution in [2.24, 2.45) is 0 Å². The fraction of sp³-hybridized carbons (Fsp3) is 0.733. The van der Waals surface area contributed by atoms with E-state index in [2.05, 4.69) is 29.2 Å². The van der Waals surface area contributed by atoms with Gasteiger partial charge in [-0.3, -0.25) is 0 Å². The number of nitrogens with zero attached hydrogens (tertiary/aromatic N) is 1. The van der Waals surface area contributed by atoms with Crippen LogP contribution in [0, 0.1) is 0 Å². The van der Waals surface area contributed by atoms with Crippen LogP contribution in [0.1, 0.15) is 49.8 Å². The molecule has 18 heavy (non-hydrogen) atoms. The molecular formula is C15H24N2O. The van der Waals surface area contributed by atoms with Gasteiger partial charge in [0, 0.05) is 31.6 Å². The van der Waals surface area contributed by atoms with Crippen molar-refractivity contribution in [3.05, 3.63) is 23.5 Å². The van der Waals surface area contributed by atoms with Gasteiger partial charge in [0.2, 0.25) is 0 Å². The molecule has 2 unspecified atom stereocenters. The standard InChI is InChI=1S/C15H24N2O/c1-2-16-15-7-3-5-12-9-17(11-14(12)15)10-13-6-4-8-18-13/h9,11,13,15-16H,2-8,10H2,1H3. The van der Waals surface area contributed by atoms with E-state index in [0.29, 0.717) is 12.1 Å². The zero-order valence-corrected chi connectivity index (χ0v) is 11.3. The van der Waals surface area contributed by atoms with E-state index in [-0.39, 0.29) is 0 Å². The highest BCUT2D eigenvalue weighted by molar-refractivity contribution is 5.30. The van der Waals surface area contributed by atoms with Crippen LogP contribution in [-0.4, -0.2) is 23.8 Å². The molecule has 1 N–H and O–H groups in total. The van der Waals surface area contributed by atoms with Crippen LogP contribution in [0.3, 0.4) is 0 Å². The van der Waals surface area contributed by atoms with Crippen molar-refractivity contribution in [3.63, 3.8) is 0 Å². The van der Waals surface area contributed by atoms with E-state index < -0.39 is 0 Å². The molecule has 100 valence electrons. The third kappa shape index (κ3) is 2.47. The predicted molar refractivity (Wildman–Crippen MR) is 72.8 cm³/mol. The Balaban J connectivity index is 1.73. The molecule has 1 aliphatic heterocycles. The first-order chi connectivity index (χ1) is 8.86. The normalized spacial score (nSPS) is 27.4. The van der Waals surface area contributed by atoms with Gasteiger partial charge in [-0.15, -0.1) is 0 Å². The molecule has 1 aromatic heterocycles. The fourth-order valence-corrected chi connectivity index (χ4v) is 3.34. The van der Waals surface area contributed by atoms with Gasteiger partial charge in [-0.25, -0.2) is 0 Å². The summed E-state index contributed by atoms with van der Waals surface area (Å²) in [6.07, 6.45) is 11.4. The van der Waals surface area contributed by atoms with Crippen molar-refractivity contribution in [3.8, 4) is 0 Å². The summed E-state index contributed by atoms with van der Waals surface area (Å²) in [6.45, 7) is 5.23. The Labute approximate surface area is 110 Å². The van der Waals surface area contributed by atoms with Crippen molar-refractivity contribution < 1.29 is 4.74 Å². The van der Waals surface area contributed by atoms with E-state index in [1.165, 1.54) is 37.7 Å². The van der Waals surface area contributed by atoms with Crippen LogP contribution in [-0.2, 0) is 17.7 Å². The van der Waals surface area contributed by atoms with E-state index in [1.54, 1.807) is 5.56 Å². The first kappa shape index (κ1) is 12.2. The molecule has 3 heteroatoms. The quantitative estimate of drug-likeness (QED) is 0.886. The summed E-state index contributed by atoms with van der Waals surface area (Å²) in [7, 11) is 0. The van der Waals surface area contributed by atoms with Crippen LogP contribution in [0.5, 0.6) is 0 Å². The number of rotatable bonds is 4. The third-order valence-electron chi connectivity index (χ3n) is 4.20. The van der Waals surface area contributed by atoms with Gasteiger partial charge in [0.05, 0.1) is 6.10 Å². The molecule has 0 bridgehead atoms. The Morgan fingerprint density at radius 3 is 3.06 bits per heavy atom. The lowest BCUT2D eigenvalue weighted by molar-refractivity contribution is 0.0970. The number of hydrogen-bond donors (Lipinski definition) is 1. The number of nitrogens with one attached hydrogen (secondary N) is 1. The number of ether oxygens (including phenoxy) is 1. The molecule has 1 saturated heterocycles. The Bertz CT molecular complexity index is 393. The lowest BCUT2D eigenvalue weighted by Gasteiger charge is -2.22. The Morgan fingerprint density at radius 1 is 1.33 bits per heavy atom. The molecule has 2 aliphatic rings. The minimum absolute atomic E-state index is 0.441. The van der Waals surface area contributed by atoms with Gasteiger partial charge in [0.25, 0.3) is 0 Å². The van der Waals surface area contributed by atoms with Crippen LogP contribution >= 0.6 is 0 Å². The summed E-state index contributed by atoms with van der Waals surface area (Å²) in [5.74, 6) is 0. The van der Waals surface area contributed by atoms with Crippen LogP contribution in [0.15, 0.2) is 12.4 Å². The van der Waals surface area contributed by atoms with Gasteiger partial charge in [0.15, 0.2) is 0 Å². The molecule has 1 aliphatic carbocycles. The van der Waals surface area contributed by atoms with E-state index in [9.17, 15) is 0 Å². The highest BCUT2D eigenvalue weighted by atomic mass is 16.5. The molecular weight excluding hydrogens is 224 g/mol. The second-order valence-corrected chi connectivity index (χ2v) is 5.57. The zero-order valence-electron chi connectivity index (χ0n) is 11.3. The summed E-state index contributed by atoms with van der Waals surface area (Å²) in [5, 5.41) is 3.60. The van der Waals surface area contributed by atoms with Gasteiger partial charge in [-0.1, -0.05) is 6.92 Å². The highest BCUT2D eigenvalue weighted by Crippen LogP contribution is 2.30. The zero-order chi connectivity index (χ0) is 12.4. The van der Waals surface area contributed by atoms with Crippen molar-refractivity contribution in [1.82, 2.24) is 9.88 Å². The largest absolute Gasteiger partial charge is 0.376 e. The molecule has 2 heterocycles. The number of aryl methyl sites for hydroxylation is 1. The van der Waals surface area contributed by atoms with Gasteiger partial charge in [0.1, 0.15) is 0 Å². The Morgan fingerprint density at radius 2 is 2.28 bits per heavy atom. The van der Waals surface area contributed by atoms with E-state index in [4.69, 9.17) is 4.74 Å². The third-order valence-corrected chi connectivity index (χ3v) is 4.20. The van der Waals surface area contributed by atoms with E-state index >= 15 is 0 Å². The molecule has 1 aromatic rings. The SMILES string of the molecule is CCNC1CCCc2cn(CC3CCCO3)cc21. The number of aromatic nitrogens is 1. The lowest BCUT2D eigenvalue weighted by atomic mass is 9.91. The first-order valence-electron chi connectivity index (χ1n) is 7.40. The van der Waals surface area contributed by atoms with Crippen molar-refractivity contribution in [2.75, 3.05) is 13.2 Å². The van der Waals surface area contributed by atoms with Gasteiger partial charge >= 0.3 is 0 Å². The van der Waals surface area contributed by atoms with Crippen LogP contribution in [0.25, 0.3) is 0 Å². The summed E-state index contributed by atoms with van der Waals surface area (Å²) in [4.78, 5) is 0. The molecule has 0 radical (unpaired) electrons.